The zero-order chi connectivity index (χ0) is 14.9. The van der Waals surface area contributed by atoms with Gasteiger partial charge in [0, 0.05) is 24.0 Å². The summed E-state index contributed by atoms with van der Waals surface area (Å²) >= 11 is 4.89. The van der Waals surface area contributed by atoms with Gasteiger partial charge in [0.15, 0.2) is 0 Å². The van der Waals surface area contributed by atoms with E-state index in [2.05, 4.69) is 60.8 Å². The maximum Gasteiger partial charge on any atom is 0.284 e. The summed E-state index contributed by atoms with van der Waals surface area (Å²) < 4.78 is 5.31. The number of hydrogen-bond donors (Lipinski definition) is 1. The first-order valence-electron chi connectivity index (χ1n) is 6.68. The first-order chi connectivity index (χ1) is 9.29. The van der Waals surface area contributed by atoms with E-state index < -0.39 is 8.07 Å². The topological polar surface area (TPSA) is 45.1 Å². The molecule has 0 aliphatic heterocycles. The van der Waals surface area contributed by atoms with Crippen LogP contribution >= 0.6 is 12.2 Å². The van der Waals surface area contributed by atoms with Crippen molar-refractivity contribution in [3.8, 4) is 11.5 Å². The Balaban J connectivity index is 2.22. The number of aromatic nitrogens is 2. The largest absolute Gasteiger partial charge is 0.409 e. The van der Waals surface area contributed by atoms with E-state index in [1.54, 1.807) is 0 Å². The molecule has 0 saturated heterocycles. The van der Waals surface area contributed by atoms with Crippen molar-refractivity contribution >= 4 is 26.0 Å². The van der Waals surface area contributed by atoms with Gasteiger partial charge in [0.25, 0.3) is 4.84 Å². The lowest BCUT2D eigenvalue weighted by Gasteiger charge is -2.35. The van der Waals surface area contributed by atoms with Crippen molar-refractivity contribution in [2.45, 2.75) is 32.2 Å². The highest BCUT2D eigenvalue weighted by molar-refractivity contribution is 7.71. The fourth-order valence-corrected chi connectivity index (χ4v) is 3.43. The molecule has 108 valence electrons. The van der Waals surface area contributed by atoms with Crippen LogP contribution in [0.3, 0.4) is 0 Å². The average molecular weight is 307 g/mol. The average Bonchev–Trinajstić information content (AvgIpc) is 2.83. The molecule has 2 aromatic rings. The second kappa shape index (κ2) is 5.53. The van der Waals surface area contributed by atoms with Crippen molar-refractivity contribution in [1.82, 2.24) is 10.2 Å². The van der Waals surface area contributed by atoms with Crippen molar-refractivity contribution < 1.29 is 4.42 Å². The Bertz CT molecular complexity index is 627. The van der Waals surface area contributed by atoms with E-state index in [9.17, 15) is 0 Å². The SMILES string of the molecule is CC(N(C)c1ccc(-c2n[nH]c(=S)o2)cc1)[Si](C)(C)C. The molecule has 0 saturated carbocycles. The van der Waals surface area contributed by atoms with E-state index in [1.807, 2.05) is 12.1 Å². The van der Waals surface area contributed by atoms with Crippen LogP contribution in [0.1, 0.15) is 6.92 Å². The van der Waals surface area contributed by atoms with Crippen LogP contribution in [0.2, 0.25) is 19.6 Å². The maximum atomic E-state index is 5.31. The third-order valence-electron chi connectivity index (χ3n) is 3.79. The van der Waals surface area contributed by atoms with Gasteiger partial charge in [0.05, 0.1) is 8.07 Å². The minimum atomic E-state index is -1.20. The normalized spacial score (nSPS) is 13.2. The molecule has 0 fully saturated rings. The van der Waals surface area contributed by atoms with Crippen molar-refractivity contribution in [1.29, 1.82) is 0 Å². The van der Waals surface area contributed by atoms with Crippen molar-refractivity contribution in [2.24, 2.45) is 0 Å². The lowest BCUT2D eigenvalue weighted by Crippen LogP contribution is -2.47. The molecule has 20 heavy (non-hydrogen) atoms. The molecule has 1 aromatic heterocycles. The Morgan fingerprint density at radius 3 is 2.30 bits per heavy atom. The van der Waals surface area contributed by atoms with Crippen LogP contribution < -0.4 is 4.90 Å². The Hall–Kier alpha value is -1.40. The lowest BCUT2D eigenvalue weighted by molar-refractivity contribution is 0.552. The highest BCUT2D eigenvalue weighted by Crippen LogP contribution is 2.24. The number of nitrogens with zero attached hydrogens (tertiary/aromatic N) is 2. The third kappa shape index (κ3) is 3.19. The Labute approximate surface area is 125 Å². The Morgan fingerprint density at radius 2 is 1.85 bits per heavy atom. The summed E-state index contributed by atoms with van der Waals surface area (Å²) in [6.07, 6.45) is 0. The molecule has 0 aliphatic carbocycles. The van der Waals surface area contributed by atoms with E-state index in [-0.39, 0.29) is 0 Å². The number of benzene rings is 1. The monoisotopic (exact) mass is 307 g/mol. The molecule has 2 rings (SSSR count). The molecule has 0 aliphatic rings. The van der Waals surface area contributed by atoms with Gasteiger partial charge in [-0.25, -0.2) is 5.10 Å². The minimum absolute atomic E-state index is 0.300. The van der Waals surface area contributed by atoms with E-state index in [0.717, 1.165) is 5.56 Å². The number of rotatable bonds is 4. The predicted octanol–water partition coefficient (Wildman–Crippen LogP) is 4.10. The van der Waals surface area contributed by atoms with Gasteiger partial charge in [-0.3, -0.25) is 0 Å². The standard InChI is InChI=1S/C14H21N3OSSi/c1-10(20(3,4)5)17(2)12-8-6-11(7-9-12)13-15-16-14(19)18-13/h6-10H,1-5H3,(H,16,19). The molecule has 1 N–H and O–H groups in total. The summed E-state index contributed by atoms with van der Waals surface area (Å²) in [6.45, 7) is 9.45. The highest BCUT2D eigenvalue weighted by atomic mass is 32.1. The molecule has 1 atom stereocenters. The number of nitrogens with one attached hydrogen (secondary N) is 1. The van der Waals surface area contributed by atoms with Gasteiger partial charge in [-0.2, -0.15) is 0 Å². The number of hydrogen-bond acceptors (Lipinski definition) is 4. The predicted molar refractivity (Wildman–Crippen MR) is 88.3 cm³/mol. The van der Waals surface area contributed by atoms with Gasteiger partial charge in [0.2, 0.25) is 5.89 Å². The van der Waals surface area contributed by atoms with E-state index >= 15 is 0 Å². The molecule has 0 spiro atoms. The third-order valence-corrected chi connectivity index (χ3v) is 6.86. The van der Waals surface area contributed by atoms with Crippen molar-refractivity contribution in [3.63, 3.8) is 0 Å². The Morgan fingerprint density at radius 1 is 1.25 bits per heavy atom. The first kappa shape index (κ1) is 15.0. The van der Waals surface area contributed by atoms with Crippen molar-refractivity contribution in [3.05, 3.63) is 29.1 Å². The van der Waals surface area contributed by atoms with Crippen molar-refractivity contribution in [2.75, 3.05) is 11.9 Å². The van der Waals surface area contributed by atoms with Gasteiger partial charge < -0.3 is 9.32 Å². The molecular weight excluding hydrogens is 286 g/mol. The van der Waals surface area contributed by atoms with Gasteiger partial charge in [0.1, 0.15) is 0 Å². The summed E-state index contributed by atoms with van der Waals surface area (Å²) in [4.78, 5) is 2.64. The van der Waals surface area contributed by atoms with Crippen LogP contribution in [0.4, 0.5) is 5.69 Å². The number of aromatic amines is 1. The molecule has 0 bridgehead atoms. The number of H-pyrrole nitrogens is 1. The second-order valence-electron chi connectivity index (χ2n) is 6.12. The smallest absolute Gasteiger partial charge is 0.284 e. The molecule has 0 amide bonds. The second-order valence-corrected chi connectivity index (χ2v) is 12.1. The Kier molecular flexibility index (Phi) is 4.15. The quantitative estimate of drug-likeness (QED) is 0.682. The molecule has 1 unspecified atom stereocenters. The molecule has 4 nitrogen and oxygen atoms in total. The van der Waals surface area contributed by atoms with Crippen LogP contribution in [0.15, 0.2) is 28.7 Å². The molecule has 1 heterocycles. The zero-order valence-corrected chi connectivity index (χ0v) is 14.4. The summed E-state index contributed by atoms with van der Waals surface area (Å²) in [6, 6.07) is 8.22. The molecule has 6 heteroatoms. The fraction of sp³-hybridized carbons (Fsp3) is 0.429. The summed E-state index contributed by atoms with van der Waals surface area (Å²) in [5, 5.41) is 6.67. The summed E-state index contributed by atoms with van der Waals surface area (Å²) in [5.41, 5.74) is 2.70. The summed E-state index contributed by atoms with van der Waals surface area (Å²) in [5.74, 6) is 0.530. The van der Waals surface area contributed by atoms with Crippen LogP contribution in [-0.4, -0.2) is 31.0 Å². The van der Waals surface area contributed by atoms with E-state index in [4.69, 9.17) is 16.6 Å². The molecular formula is C14H21N3OSSi. The molecule has 0 radical (unpaired) electrons. The highest BCUT2D eigenvalue weighted by Gasteiger charge is 2.26. The lowest BCUT2D eigenvalue weighted by atomic mass is 10.2. The van der Waals surface area contributed by atoms with Gasteiger partial charge in [-0.15, -0.1) is 5.10 Å². The van der Waals surface area contributed by atoms with E-state index in [1.165, 1.54) is 5.69 Å². The minimum Gasteiger partial charge on any atom is -0.409 e. The first-order valence-corrected chi connectivity index (χ1v) is 10.7. The number of anilines is 1. The van der Waals surface area contributed by atoms with Crippen LogP contribution in [0.25, 0.3) is 11.5 Å². The van der Waals surface area contributed by atoms with E-state index in [0.29, 0.717) is 16.4 Å². The van der Waals surface area contributed by atoms with Gasteiger partial charge in [-0.1, -0.05) is 19.6 Å². The van der Waals surface area contributed by atoms with Gasteiger partial charge >= 0.3 is 0 Å². The van der Waals surface area contributed by atoms with Gasteiger partial charge in [-0.05, 0) is 43.4 Å². The van der Waals surface area contributed by atoms with Crippen LogP contribution in [0, 0.1) is 4.84 Å². The van der Waals surface area contributed by atoms with Crippen LogP contribution in [0.5, 0.6) is 0 Å². The molecule has 1 aromatic carbocycles. The zero-order valence-electron chi connectivity index (χ0n) is 12.6. The maximum absolute atomic E-state index is 5.31. The summed E-state index contributed by atoms with van der Waals surface area (Å²) in [7, 11) is 0.947. The fourth-order valence-electron chi connectivity index (χ4n) is 2.00. The van der Waals surface area contributed by atoms with Crippen LogP contribution in [-0.2, 0) is 0 Å².